The van der Waals surface area contributed by atoms with E-state index >= 15 is 0 Å². The minimum absolute atomic E-state index is 0.141. The predicted molar refractivity (Wildman–Crippen MR) is 83.9 cm³/mol. The Morgan fingerprint density at radius 3 is 2.43 bits per heavy atom. The number of amides is 2. The van der Waals surface area contributed by atoms with Crippen molar-refractivity contribution >= 4 is 11.8 Å². The molecule has 0 atom stereocenters. The van der Waals surface area contributed by atoms with E-state index in [1.54, 1.807) is 16.8 Å². The summed E-state index contributed by atoms with van der Waals surface area (Å²) < 4.78 is 14.7. The SMILES string of the molecule is CCc1c(C(=O)NCCNC(C)=O)cnn1-c1ccc(F)cc1. The molecule has 0 spiro atoms. The first kappa shape index (κ1) is 16.7. The molecule has 2 N–H and O–H groups in total. The molecule has 1 aromatic carbocycles. The van der Waals surface area contributed by atoms with Crippen molar-refractivity contribution in [3.8, 4) is 5.69 Å². The Kier molecular flexibility index (Phi) is 5.46. The summed E-state index contributed by atoms with van der Waals surface area (Å²) in [6, 6.07) is 5.92. The Bertz CT molecular complexity index is 695. The Morgan fingerprint density at radius 1 is 1.17 bits per heavy atom. The number of nitrogens with zero attached hydrogens (tertiary/aromatic N) is 2. The van der Waals surface area contributed by atoms with E-state index < -0.39 is 0 Å². The molecule has 0 unspecified atom stereocenters. The molecule has 6 nitrogen and oxygen atoms in total. The summed E-state index contributed by atoms with van der Waals surface area (Å²) in [7, 11) is 0. The van der Waals surface area contributed by atoms with Crippen molar-refractivity contribution in [2.24, 2.45) is 0 Å². The van der Waals surface area contributed by atoms with Gasteiger partial charge in [0.15, 0.2) is 0 Å². The van der Waals surface area contributed by atoms with Gasteiger partial charge in [-0.2, -0.15) is 5.10 Å². The number of aromatic nitrogens is 2. The Morgan fingerprint density at radius 2 is 1.83 bits per heavy atom. The van der Waals surface area contributed by atoms with E-state index in [1.165, 1.54) is 25.3 Å². The van der Waals surface area contributed by atoms with E-state index in [1.807, 2.05) is 6.92 Å². The fraction of sp³-hybridized carbons (Fsp3) is 0.312. The van der Waals surface area contributed by atoms with Crippen LogP contribution in [0.4, 0.5) is 4.39 Å². The van der Waals surface area contributed by atoms with Crippen molar-refractivity contribution in [2.75, 3.05) is 13.1 Å². The zero-order chi connectivity index (χ0) is 16.8. The molecule has 0 bridgehead atoms. The molecule has 0 radical (unpaired) electrons. The van der Waals surface area contributed by atoms with E-state index in [2.05, 4.69) is 15.7 Å². The zero-order valence-electron chi connectivity index (χ0n) is 13.1. The summed E-state index contributed by atoms with van der Waals surface area (Å²) in [6.45, 7) is 4.05. The summed E-state index contributed by atoms with van der Waals surface area (Å²) in [5.41, 5.74) is 1.91. The van der Waals surface area contributed by atoms with Gasteiger partial charge in [-0.15, -0.1) is 0 Å². The monoisotopic (exact) mass is 318 g/mol. The molecule has 2 amide bonds. The topological polar surface area (TPSA) is 76.0 Å². The third-order valence-electron chi connectivity index (χ3n) is 3.30. The molecule has 1 heterocycles. The van der Waals surface area contributed by atoms with Crippen LogP contribution in [0.25, 0.3) is 5.69 Å². The highest BCUT2D eigenvalue weighted by atomic mass is 19.1. The second kappa shape index (κ2) is 7.53. The van der Waals surface area contributed by atoms with Gasteiger partial charge in [-0.25, -0.2) is 9.07 Å². The van der Waals surface area contributed by atoms with Gasteiger partial charge < -0.3 is 10.6 Å². The van der Waals surface area contributed by atoms with Crippen LogP contribution in [-0.2, 0) is 11.2 Å². The number of rotatable bonds is 6. The molecule has 2 rings (SSSR count). The lowest BCUT2D eigenvalue weighted by Gasteiger charge is -2.09. The lowest BCUT2D eigenvalue weighted by Crippen LogP contribution is -2.33. The van der Waals surface area contributed by atoms with E-state index in [-0.39, 0.29) is 17.6 Å². The minimum Gasteiger partial charge on any atom is -0.355 e. The maximum absolute atomic E-state index is 13.0. The van der Waals surface area contributed by atoms with Crippen molar-refractivity contribution < 1.29 is 14.0 Å². The van der Waals surface area contributed by atoms with Crippen LogP contribution in [-0.4, -0.2) is 34.7 Å². The van der Waals surface area contributed by atoms with Gasteiger partial charge in [-0.05, 0) is 30.7 Å². The summed E-state index contributed by atoms with van der Waals surface area (Å²) >= 11 is 0. The second-order valence-corrected chi connectivity index (χ2v) is 4.99. The fourth-order valence-corrected chi connectivity index (χ4v) is 2.22. The third-order valence-corrected chi connectivity index (χ3v) is 3.30. The summed E-state index contributed by atoms with van der Waals surface area (Å²) in [4.78, 5) is 23.0. The van der Waals surface area contributed by atoms with Gasteiger partial charge in [0.05, 0.1) is 23.1 Å². The molecular weight excluding hydrogens is 299 g/mol. The van der Waals surface area contributed by atoms with Crippen molar-refractivity contribution in [3.05, 3.63) is 47.5 Å². The molecule has 0 saturated heterocycles. The summed E-state index contributed by atoms with van der Waals surface area (Å²) in [6.07, 6.45) is 2.10. The van der Waals surface area contributed by atoms with Crippen molar-refractivity contribution in [1.82, 2.24) is 20.4 Å². The molecule has 7 heteroatoms. The molecule has 0 saturated carbocycles. The average Bonchev–Trinajstić information content (AvgIpc) is 2.96. The number of benzene rings is 1. The van der Waals surface area contributed by atoms with Crippen LogP contribution in [0.5, 0.6) is 0 Å². The fourth-order valence-electron chi connectivity index (χ4n) is 2.22. The van der Waals surface area contributed by atoms with Gasteiger partial charge in [0.1, 0.15) is 5.82 Å². The van der Waals surface area contributed by atoms with E-state index in [0.29, 0.717) is 30.8 Å². The number of nitrogens with one attached hydrogen (secondary N) is 2. The molecule has 23 heavy (non-hydrogen) atoms. The van der Waals surface area contributed by atoms with Crippen molar-refractivity contribution in [2.45, 2.75) is 20.3 Å². The van der Waals surface area contributed by atoms with Crippen molar-refractivity contribution in [1.29, 1.82) is 0 Å². The molecule has 0 aliphatic carbocycles. The summed E-state index contributed by atoms with van der Waals surface area (Å²) in [5, 5.41) is 9.57. The number of hydrogen-bond donors (Lipinski definition) is 2. The lowest BCUT2D eigenvalue weighted by atomic mass is 10.2. The lowest BCUT2D eigenvalue weighted by molar-refractivity contribution is -0.118. The summed E-state index contributed by atoms with van der Waals surface area (Å²) in [5.74, 6) is -0.715. The zero-order valence-corrected chi connectivity index (χ0v) is 13.1. The van der Waals surface area contributed by atoms with Gasteiger partial charge in [0, 0.05) is 20.0 Å². The van der Waals surface area contributed by atoms with Crippen LogP contribution in [0.15, 0.2) is 30.5 Å². The molecule has 1 aromatic heterocycles. The van der Waals surface area contributed by atoms with E-state index in [9.17, 15) is 14.0 Å². The number of hydrogen-bond acceptors (Lipinski definition) is 3. The van der Waals surface area contributed by atoms with Crippen LogP contribution in [0, 0.1) is 5.82 Å². The van der Waals surface area contributed by atoms with Gasteiger partial charge in [-0.1, -0.05) is 6.92 Å². The van der Waals surface area contributed by atoms with Crippen LogP contribution in [0.2, 0.25) is 0 Å². The largest absolute Gasteiger partial charge is 0.355 e. The highest BCUT2D eigenvalue weighted by Crippen LogP contribution is 2.16. The van der Waals surface area contributed by atoms with Crippen LogP contribution >= 0.6 is 0 Å². The van der Waals surface area contributed by atoms with Gasteiger partial charge in [0.25, 0.3) is 5.91 Å². The van der Waals surface area contributed by atoms with Gasteiger partial charge >= 0.3 is 0 Å². The maximum atomic E-state index is 13.0. The van der Waals surface area contributed by atoms with E-state index in [4.69, 9.17) is 0 Å². The molecular formula is C16H19FN4O2. The first-order valence-electron chi connectivity index (χ1n) is 7.38. The Labute approximate surface area is 133 Å². The normalized spacial score (nSPS) is 10.4. The molecule has 0 fully saturated rings. The Balaban J connectivity index is 2.12. The quantitative estimate of drug-likeness (QED) is 0.791. The van der Waals surface area contributed by atoms with Gasteiger partial charge in [0.2, 0.25) is 5.91 Å². The highest BCUT2D eigenvalue weighted by Gasteiger charge is 2.16. The standard InChI is InChI=1S/C16H19FN4O2/c1-3-15-14(16(23)19-9-8-18-11(2)22)10-20-21(15)13-6-4-12(17)5-7-13/h4-7,10H,3,8-9H2,1-2H3,(H,18,22)(H,19,23). The first-order valence-corrected chi connectivity index (χ1v) is 7.38. The number of carbonyl (C=O) groups is 2. The first-order chi connectivity index (χ1) is 11.0. The van der Waals surface area contributed by atoms with E-state index in [0.717, 1.165) is 5.69 Å². The van der Waals surface area contributed by atoms with Gasteiger partial charge in [-0.3, -0.25) is 9.59 Å². The van der Waals surface area contributed by atoms with Crippen molar-refractivity contribution in [3.63, 3.8) is 0 Å². The molecule has 2 aromatic rings. The smallest absolute Gasteiger partial charge is 0.254 e. The molecule has 0 aliphatic heterocycles. The molecule has 122 valence electrons. The second-order valence-electron chi connectivity index (χ2n) is 4.99. The maximum Gasteiger partial charge on any atom is 0.254 e. The average molecular weight is 318 g/mol. The minimum atomic E-state index is -0.324. The third kappa shape index (κ3) is 4.15. The number of halogens is 1. The van der Waals surface area contributed by atoms with Crippen LogP contribution < -0.4 is 10.6 Å². The van der Waals surface area contributed by atoms with Crippen LogP contribution in [0.3, 0.4) is 0 Å². The molecule has 0 aliphatic rings. The van der Waals surface area contributed by atoms with Crippen LogP contribution in [0.1, 0.15) is 29.9 Å². The number of carbonyl (C=O) groups excluding carboxylic acids is 2. The Hall–Kier alpha value is -2.70. The predicted octanol–water partition coefficient (Wildman–Crippen LogP) is 1.44. The highest BCUT2D eigenvalue weighted by molar-refractivity contribution is 5.95.